The topological polar surface area (TPSA) is 79.0 Å². The van der Waals surface area contributed by atoms with Gasteiger partial charge in [0.05, 0.1) is 12.5 Å². The number of ether oxygens (including phenoxy) is 1. The number of nitrogens with one attached hydrogen (secondary N) is 1. The van der Waals surface area contributed by atoms with Gasteiger partial charge in [-0.3, -0.25) is 9.59 Å². The normalized spacial score (nSPS) is 23.2. The number of hydrogen-bond acceptors (Lipinski definition) is 4. The van der Waals surface area contributed by atoms with Crippen LogP contribution in [0.15, 0.2) is 24.3 Å². The maximum atomic E-state index is 12.7. The molecule has 29 heavy (non-hydrogen) atoms. The van der Waals surface area contributed by atoms with E-state index in [0.29, 0.717) is 44.4 Å². The molecule has 1 aromatic rings. The molecule has 1 aromatic carbocycles. The molecule has 0 spiro atoms. The number of cyclic esters (lactones) is 1. The smallest absolute Gasteiger partial charge is 0.410 e. The Kier molecular flexibility index (Phi) is 6.02. The number of anilines is 1. The van der Waals surface area contributed by atoms with E-state index >= 15 is 0 Å². The van der Waals surface area contributed by atoms with Gasteiger partial charge in [0.1, 0.15) is 6.61 Å². The molecule has 2 saturated heterocycles. The summed E-state index contributed by atoms with van der Waals surface area (Å²) in [5, 5.41) is 2.95. The van der Waals surface area contributed by atoms with E-state index in [0.717, 1.165) is 18.4 Å². The minimum Gasteiger partial charge on any atom is -0.448 e. The summed E-state index contributed by atoms with van der Waals surface area (Å²) in [7, 11) is 0. The predicted octanol–water partition coefficient (Wildman–Crippen LogP) is 3.15. The van der Waals surface area contributed by atoms with Crippen molar-refractivity contribution in [3.8, 4) is 0 Å². The molecule has 3 amide bonds. The highest BCUT2D eigenvalue weighted by atomic mass is 16.6. The second-order valence-corrected chi connectivity index (χ2v) is 8.31. The van der Waals surface area contributed by atoms with Gasteiger partial charge in [0.2, 0.25) is 11.8 Å². The third kappa shape index (κ3) is 4.71. The fourth-order valence-electron chi connectivity index (χ4n) is 4.56. The van der Waals surface area contributed by atoms with Gasteiger partial charge >= 0.3 is 6.09 Å². The average Bonchev–Trinajstić information content (AvgIpc) is 3.18. The van der Waals surface area contributed by atoms with Crippen molar-refractivity contribution in [2.75, 3.05) is 25.0 Å². The zero-order valence-corrected chi connectivity index (χ0v) is 16.8. The van der Waals surface area contributed by atoms with Crippen molar-refractivity contribution in [1.29, 1.82) is 0 Å². The first kappa shape index (κ1) is 19.7. The maximum Gasteiger partial charge on any atom is 0.410 e. The van der Waals surface area contributed by atoms with Gasteiger partial charge in [0.15, 0.2) is 0 Å². The highest BCUT2D eigenvalue weighted by Crippen LogP contribution is 2.28. The van der Waals surface area contributed by atoms with E-state index in [1.165, 1.54) is 25.7 Å². The number of carbonyl (C=O) groups excluding carboxylic acids is 3. The molecule has 2 heterocycles. The summed E-state index contributed by atoms with van der Waals surface area (Å²) in [5.41, 5.74) is 1.69. The van der Waals surface area contributed by atoms with Gasteiger partial charge in [-0.1, -0.05) is 37.8 Å². The molecule has 1 N–H and O–H groups in total. The quantitative estimate of drug-likeness (QED) is 0.772. The summed E-state index contributed by atoms with van der Waals surface area (Å²) >= 11 is 0. The largest absolute Gasteiger partial charge is 0.448 e. The number of nitrogens with zero attached hydrogens (tertiary/aromatic N) is 2. The van der Waals surface area contributed by atoms with Gasteiger partial charge < -0.3 is 19.9 Å². The molecule has 4 rings (SSSR count). The van der Waals surface area contributed by atoms with E-state index < -0.39 is 0 Å². The van der Waals surface area contributed by atoms with Gasteiger partial charge in [-0.05, 0) is 30.5 Å². The second kappa shape index (κ2) is 8.84. The minimum absolute atomic E-state index is 0.0923. The Morgan fingerprint density at radius 3 is 2.45 bits per heavy atom. The molecule has 1 unspecified atom stereocenters. The van der Waals surface area contributed by atoms with E-state index in [-0.39, 0.29) is 23.8 Å². The Hall–Kier alpha value is -2.57. The van der Waals surface area contributed by atoms with Crippen LogP contribution in [0.25, 0.3) is 0 Å². The van der Waals surface area contributed by atoms with Crippen LogP contribution < -0.4 is 5.32 Å². The molecule has 3 aliphatic rings. The highest BCUT2D eigenvalue weighted by molar-refractivity contribution is 5.97. The molecule has 0 radical (unpaired) electrons. The molecular formula is C22H29N3O4. The molecule has 156 valence electrons. The second-order valence-electron chi connectivity index (χ2n) is 8.31. The summed E-state index contributed by atoms with van der Waals surface area (Å²) in [5.74, 6) is -0.264. The number of hydrogen-bond donors (Lipinski definition) is 1. The summed E-state index contributed by atoms with van der Waals surface area (Å²) < 4.78 is 4.94. The van der Waals surface area contributed by atoms with Crippen LogP contribution in [-0.2, 0) is 20.9 Å². The molecule has 0 aromatic heterocycles. The van der Waals surface area contributed by atoms with Crippen LogP contribution in [0.2, 0.25) is 0 Å². The van der Waals surface area contributed by atoms with E-state index in [1.54, 1.807) is 4.90 Å². The summed E-state index contributed by atoms with van der Waals surface area (Å²) in [6.07, 6.45) is 6.98. The molecule has 3 fully saturated rings. The lowest BCUT2D eigenvalue weighted by molar-refractivity contribution is -0.130. The fourth-order valence-corrected chi connectivity index (χ4v) is 4.56. The van der Waals surface area contributed by atoms with Crippen LogP contribution in [0, 0.1) is 5.92 Å². The zero-order valence-electron chi connectivity index (χ0n) is 16.8. The molecule has 7 nitrogen and oxygen atoms in total. The van der Waals surface area contributed by atoms with Crippen LogP contribution in [0.4, 0.5) is 10.5 Å². The first-order valence-corrected chi connectivity index (χ1v) is 10.7. The zero-order chi connectivity index (χ0) is 20.2. The monoisotopic (exact) mass is 399 g/mol. The maximum absolute atomic E-state index is 12.7. The molecule has 1 saturated carbocycles. The van der Waals surface area contributed by atoms with Gasteiger partial charge in [0, 0.05) is 31.2 Å². The molecule has 1 atom stereocenters. The minimum atomic E-state index is -0.287. The van der Waals surface area contributed by atoms with Crippen molar-refractivity contribution < 1.29 is 19.1 Å². The van der Waals surface area contributed by atoms with Crippen LogP contribution in [0.1, 0.15) is 50.5 Å². The van der Waals surface area contributed by atoms with E-state index in [9.17, 15) is 14.4 Å². The number of likely N-dealkylation sites (tertiary alicyclic amines) is 1. The predicted molar refractivity (Wildman–Crippen MR) is 108 cm³/mol. The van der Waals surface area contributed by atoms with Gasteiger partial charge in [-0.15, -0.1) is 0 Å². The van der Waals surface area contributed by atoms with Crippen molar-refractivity contribution in [1.82, 2.24) is 9.80 Å². The third-order valence-corrected chi connectivity index (χ3v) is 6.23. The molecule has 7 heteroatoms. The van der Waals surface area contributed by atoms with Crippen molar-refractivity contribution in [2.24, 2.45) is 5.92 Å². The van der Waals surface area contributed by atoms with E-state index in [2.05, 4.69) is 5.32 Å². The van der Waals surface area contributed by atoms with Gasteiger partial charge in [0.25, 0.3) is 0 Å². The number of amides is 3. The average molecular weight is 399 g/mol. The Morgan fingerprint density at radius 2 is 1.79 bits per heavy atom. The Balaban J connectivity index is 1.31. The van der Waals surface area contributed by atoms with Crippen molar-refractivity contribution in [2.45, 2.75) is 57.5 Å². The Labute approximate surface area is 171 Å². The van der Waals surface area contributed by atoms with Crippen molar-refractivity contribution >= 4 is 23.6 Å². The highest BCUT2D eigenvalue weighted by Gasteiger charge is 2.37. The van der Waals surface area contributed by atoms with Gasteiger partial charge in [-0.2, -0.15) is 0 Å². The first-order chi connectivity index (χ1) is 14.1. The van der Waals surface area contributed by atoms with Crippen LogP contribution >= 0.6 is 0 Å². The van der Waals surface area contributed by atoms with Crippen molar-refractivity contribution in [3.63, 3.8) is 0 Å². The van der Waals surface area contributed by atoms with Crippen LogP contribution in [0.3, 0.4) is 0 Å². The number of benzene rings is 1. The number of carbonyl (C=O) groups is 3. The standard InChI is InChI=1S/C22H29N3O4/c26-20-13-17(15-25(20)19-5-3-1-2-4-6-19)21(27)23-18-9-7-16(8-10-18)14-24-11-12-29-22(24)28/h7-10,17,19H,1-6,11-15H2,(H,23,27). The molecular weight excluding hydrogens is 370 g/mol. The first-order valence-electron chi connectivity index (χ1n) is 10.7. The number of rotatable bonds is 5. The Morgan fingerprint density at radius 1 is 1.07 bits per heavy atom. The molecule has 1 aliphatic carbocycles. The summed E-state index contributed by atoms with van der Waals surface area (Å²) in [6, 6.07) is 7.79. The fraction of sp³-hybridized carbons (Fsp3) is 0.591. The molecule has 0 bridgehead atoms. The SMILES string of the molecule is O=C(Nc1ccc(CN2CCOC2=O)cc1)C1CC(=O)N(C2CCCCCC2)C1. The molecule has 2 aliphatic heterocycles. The Bertz CT molecular complexity index is 756. The lowest BCUT2D eigenvalue weighted by atomic mass is 10.1. The van der Waals surface area contributed by atoms with E-state index in [1.807, 2.05) is 29.2 Å². The lowest BCUT2D eigenvalue weighted by Gasteiger charge is -2.27. The lowest BCUT2D eigenvalue weighted by Crippen LogP contribution is -2.37. The third-order valence-electron chi connectivity index (χ3n) is 6.23. The van der Waals surface area contributed by atoms with Crippen LogP contribution in [0.5, 0.6) is 0 Å². The van der Waals surface area contributed by atoms with E-state index in [4.69, 9.17) is 4.74 Å². The van der Waals surface area contributed by atoms with Crippen molar-refractivity contribution in [3.05, 3.63) is 29.8 Å². The van der Waals surface area contributed by atoms with Gasteiger partial charge in [-0.25, -0.2) is 4.79 Å². The van der Waals surface area contributed by atoms with Crippen LogP contribution in [-0.4, -0.2) is 53.4 Å². The summed E-state index contributed by atoms with van der Waals surface area (Å²) in [4.78, 5) is 40.3. The summed E-state index contributed by atoms with van der Waals surface area (Å²) in [6.45, 7) is 2.07.